The summed E-state index contributed by atoms with van der Waals surface area (Å²) in [5, 5.41) is 14.8. The number of hydrogen-bond donors (Lipinski definition) is 3. The molecular weight excluding hydrogens is 378 g/mol. The molecule has 2 aliphatic heterocycles. The second-order valence-corrected chi connectivity index (χ2v) is 8.79. The standard InChI is InChI=1S/C17H18ClN3O4S/c1-17(2)12(15(23)24)21-13(22)11(14(21)26-17)20-16(25)19-8-7-9-3-5-10(18)6-4-9/h3-8,11-12,14H,1-2H3,(H,23,24)(H2,19,20,25)/b8-7+/t11?,12-,14?/m0/s1. The summed E-state index contributed by atoms with van der Waals surface area (Å²) in [6.07, 6.45) is 3.16. The van der Waals surface area contributed by atoms with E-state index in [2.05, 4.69) is 10.6 Å². The molecule has 3 amide bonds. The largest absolute Gasteiger partial charge is 0.480 e. The zero-order valence-electron chi connectivity index (χ0n) is 14.1. The van der Waals surface area contributed by atoms with Gasteiger partial charge in [-0.25, -0.2) is 9.59 Å². The van der Waals surface area contributed by atoms with E-state index >= 15 is 0 Å². The fourth-order valence-corrected chi connectivity index (χ4v) is 4.87. The van der Waals surface area contributed by atoms with Crippen molar-refractivity contribution in [1.82, 2.24) is 15.5 Å². The van der Waals surface area contributed by atoms with Crippen molar-refractivity contribution < 1.29 is 19.5 Å². The van der Waals surface area contributed by atoms with E-state index in [1.807, 2.05) is 0 Å². The van der Waals surface area contributed by atoms with E-state index < -0.39 is 28.8 Å². The van der Waals surface area contributed by atoms with Gasteiger partial charge in [0, 0.05) is 16.0 Å². The maximum atomic E-state index is 12.3. The topological polar surface area (TPSA) is 98.7 Å². The Morgan fingerprint density at radius 1 is 1.31 bits per heavy atom. The van der Waals surface area contributed by atoms with Crippen molar-refractivity contribution in [3.63, 3.8) is 0 Å². The summed E-state index contributed by atoms with van der Waals surface area (Å²) in [5.74, 6) is -1.41. The number of carboxylic acid groups (broad SMARTS) is 1. The van der Waals surface area contributed by atoms with Crippen molar-refractivity contribution in [2.24, 2.45) is 0 Å². The second kappa shape index (κ2) is 6.85. The second-order valence-electron chi connectivity index (χ2n) is 6.58. The van der Waals surface area contributed by atoms with Gasteiger partial charge >= 0.3 is 12.0 Å². The van der Waals surface area contributed by atoms with E-state index in [4.69, 9.17) is 11.6 Å². The third-order valence-electron chi connectivity index (χ3n) is 4.32. The number of thioether (sulfide) groups is 1. The fourth-order valence-electron chi connectivity index (χ4n) is 3.12. The molecule has 0 aliphatic carbocycles. The Labute approximate surface area is 159 Å². The lowest BCUT2D eigenvalue weighted by Crippen LogP contribution is -2.71. The highest BCUT2D eigenvalue weighted by Crippen LogP contribution is 2.50. The van der Waals surface area contributed by atoms with Crippen molar-refractivity contribution in [3.8, 4) is 0 Å². The van der Waals surface area contributed by atoms with Gasteiger partial charge < -0.3 is 20.6 Å². The average Bonchev–Trinajstić information content (AvgIpc) is 2.83. The SMILES string of the molecule is CC1(C)SC2C(NC(=O)N/C=C/c3ccc(Cl)cc3)C(=O)N2[C@H]1C(=O)O. The first-order valence-corrected chi connectivity index (χ1v) is 9.18. The van der Waals surface area contributed by atoms with Crippen molar-refractivity contribution in [2.75, 3.05) is 0 Å². The Bertz CT molecular complexity index is 781. The zero-order chi connectivity index (χ0) is 19.1. The Balaban J connectivity index is 1.57. The molecule has 0 saturated carbocycles. The van der Waals surface area contributed by atoms with Crippen LogP contribution in [0.2, 0.25) is 5.02 Å². The van der Waals surface area contributed by atoms with Crippen LogP contribution >= 0.6 is 23.4 Å². The number of fused-ring (bicyclic) bond motifs is 1. The molecule has 9 heteroatoms. The number of urea groups is 1. The first kappa shape index (κ1) is 18.6. The van der Waals surface area contributed by atoms with Crippen molar-refractivity contribution in [2.45, 2.75) is 36.1 Å². The number of amides is 3. The molecule has 1 aromatic carbocycles. The summed E-state index contributed by atoms with van der Waals surface area (Å²) in [7, 11) is 0. The molecule has 3 N–H and O–H groups in total. The van der Waals surface area contributed by atoms with Crippen molar-refractivity contribution >= 4 is 47.3 Å². The van der Waals surface area contributed by atoms with Gasteiger partial charge in [0.2, 0.25) is 5.91 Å². The van der Waals surface area contributed by atoms with Gasteiger partial charge in [0.1, 0.15) is 17.5 Å². The highest BCUT2D eigenvalue weighted by atomic mass is 35.5. The van der Waals surface area contributed by atoms with E-state index in [0.29, 0.717) is 5.02 Å². The molecular formula is C17H18ClN3O4S. The molecule has 2 fully saturated rings. The summed E-state index contributed by atoms with van der Waals surface area (Å²) in [5.41, 5.74) is 0.859. The molecule has 2 heterocycles. The van der Waals surface area contributed by atoms with E-state index in [1.54, 1.807) is 44.2 Å². The number of β-lactam (4-membered cyclic amide) rings is 1. The molecule has 2 aliphatic rings. The summed E-state index contributed by atoms with van der Waals surface area (Å²) in [6, 6.07) is 4.93. The number of carbonyl (C=O) groups is 3. The van der Waals surface area contributed by atoms with Gasteiger partial charge in [0.05, 0.1) is 0 Å². The summed E-state index contributed by atoms with van der Waals surface area (Å²) < 4.78 is -0.618. The molecule has 3 atom stereocenters. The highest BCUT2D eigenvalue weighted by molar-refractivity contribution is 8.01. The third kappa shape index (κ3) is 3.39. The van der Waals surface area contributed by atoms with E-state index in [-0.39, 0.29) is 11.3 Å². The molecule has 2 saturated heterocycles. The third-order valence-corrected chi connectivity index (χ3v) is 6.15. The Hall–Kier alpha value is -2.19. The van der Waals surface area contributed by atoms with Gasteiger partial charge in [-0.2, -0.15) is 0 Å². The maximum Gasteiger partial charge on any atom is 0.327 e. The van der Waals surface area contributed by atoms with Crippen LogP contribution in [0.3, 0.4) is 0 Å². The number of carboxylic acids is 1. The number of aliphatic carboxylic acids is 1. The maximum absolute atomic E-state index is 12.3. The van der Waals surface area contributed by atoms with Crippen LogP contribution in [-0.4, -0.2) is 50.1 Å². The molecule has 0 bridgehead atoms. The van der Waals surface area contributed by atoms with Gasteiger partial charge in [-0.3, -0.25) is 4.79 Å². The number of nitrogens with zero attached hydrogens (tertiary/aromatic N) is 1. The minimum absolute atomic E-state index is 0.371. The number of rotatable bonds is 4. The van der Waals surface area contributed by atoms with Crippen LogP contribution in [0, 0.1) is 0 Å². The van der Waals surface area contributed by atoms with Crippen molar-refractivity contribution in [1.29, 1.82) is 0 Å². The molecule has 7 nitrogen and oxygen atoms in total. The monoisotopic (exact) mass is 395 g/mol. The van der Waals surface area contributed by atoms with Crippen LogP contribution in [0.1, 0.15) is 19.4 Å². The van der Waals surface area contributed by atoms with Crippen LogP contribution in [-0.2, 0) is 9.59 Å². The van der Waals surface area contributed by atoms with Crippen LogP contribution in [0.25, 0.3) is 6.08 Å². The predicted octanol–water partition coefficient (Wildman–Crippen LogP) is 2.13. The molecule has 26 heavy (non-hydrogen) atoms. The molecule has 1 aromatic rings. The van der Waals surface area contributed by atoms with Crippen LogP contribution in [0.4, 0.5) is 4.79 Å². The number of nitrogens with one attached hydrogen (secondary N) is 2. The fraction of sp³-hybridized carbons (Fsp3) is 0.353. The summed E-state index contributed by atoms with van der Waals surface area (Å²) in [6.45, 7) is 3.57. The smallest absolute Gasteiger partial charge is 0.327 e. The first-order valence-electron chi connectivity index (χ1n) is 7.92. The van der Waals surface area contributed by atoms with Gasteiger partial charge in [-0.1, -0.05) is 23.7 Å². The first-order chi connectivity index (χ1) is 12.2. The van der Waals surface area contributed by atoms with E-state index in [9.17, 15) is 19.5 Å². The van der Waals surface area contributed by atoms with Crippen LogP contribution in [0.15, 0.2) is 30.5 Å². The summed E-state index contributed by atoms with van der Waals surface area (Å²) >= 11 is 7.19. The number of benzene rings is 1. The lowest BCUT2D eigenvalue weighted by atomic mass is 9.96. The molecule has 0 aromatic heterocycles. The summed E-state index contributed by atoms with van der Waals surface area (Å²) in [4.78, 5) is 37.1. The van der Waals surface area contributed by atoms with Crippen molar-refractivity contribution in [3.05, 3.63) is 41.1 Å². The normalized spacial score (nSPS) is 26.3. The number of hydrogen-bond acceptors (Lipinski definition) is 4. The van der Waals surface area contributed by atoms with Gasteiger partial charge in [-0.05, 0) is 37.6 Å². The highest BCUT2D eigenvalue weighted by Gasteiger charge is 2.64. The predicted molar refractivity (Wildman–Crippen MR) is 99.7 cm³/mol. The number of carbonyl (C=O) groups excluding carboxylic acids is 2. The van der Waals surface area contributed by atoms with Gasteiger partial charge in [0.15, 0.2) is 0 Å². The molecule has 2 unspecified atom stereocenters. The Morgan fingerprint density at radius 3 is 2.58 bits per heavy atom. The molecule has 3 rings (SSSR count). The quantitative estimate of drug-likeness (QED) is 0.678. The van der Waals surface area contributed by atoms with Gasteiger partial charge in [-0.15, -0.1) is 11.8 Å². The zero-order valence-corrected chi connectivity index (χ0v) is 15.7. The lowest BCUT2D eigenvalue weighted by Gasteiger charge is -2.43. The minimum Gasteiger partial charge on any atom is -0.480 e. The minimum atomic E-state index is -1.04. The molecule has 0 spiro atoms. The van der Waals surface area contributed by atoms with Crippen LogP contribution in [0.5, 0.6) is 0 Å². The number of halogens is 1. The van der Waals surface area contributed by atoms with Gasteiger partial charge in [0.25, 0.3) is 0 Å². The van der Waals surface area contributed by atoms with E-state index in [1.165, 1.54) is 22.9 Å². The Kier molecular flexibility index (Phi) is 4.90. The van der Waals surface area contributed by atoms with E-state index in [0.717, 1.165) is 5.56 Å². The lowest BCUT2D eigenvalue weighted by molar-refractivity contribution is -0.159. The molecule has 138 valence electrons. The molecule has 0 radical (unpaired) electrons. The van der Waals surface area contributed by atoms with Crippen LogP contribution < -0.4 is 10.6 Å². The average molecular weight is 396 g/mol. The Morgan fingerprint density at radius 2 is 1.96 bits per heavy atom.